The second-order valence-corrected chi connectivity index (χ2v) is 12.4. The van der Waals surface area contributed by atoms with Crippen LogP contribution in [0.25, 0.3) is 0 Å². The maximum Gasteiger partial charge on any atom is 0.416 e. The molecule has 0 aromatic heterocycles. The zero-order chi connectivity index (χ0) is 29.3. The molecule has 0 spiro atoms. The highest BCUT2D eigenvalue weighted by atomic mass is 32.2. The van der Waals surface area contributed by atoms with E-state index in [2.05, 4.69) is 0 Å². The number of hydrogen-bond acceptors (Lipinski definition) is 6. The van der Waals surface area contributed by atoms with Gasteiger partial charge in [-0.15, -0.1) is 0 Å². The summed E-state index contributed by atoms with van der Waals surface area (Å²) in [4.78, 5) is 14.6. The van der Waals surface area contributed by atoms with Crippen LogP contribution in [-0.4, -0.2) is 74.6 Å². The molecular formula is C28H35F3N2O6S. The van der Waals surface area contributed by atoms with E-state index in [0.717, 1.165) is 12.1 Å². The Bertz CT molecular complexity index is 1320. The summed E-state index contributed by atoms with van der Waals surface area (Å²) in [5.41, 5.74) is -0.852. The molecule has 2 aliphatic heterocycles. The fourth-order valence-corrected chi connectivity index (χ4v) is 7.39. The molecule has 1 unspecified atom stereocenters. The monoisotopic (exact) mass is 584 g/mol. The zero-order valence-corrected chi connectivity index (χ0v) is 23.6. The number of carbonyl (C=O) groups is 1. The van der Waals surface area contributed by atoms with Crippen molar-refractivity contribution in [2.45, 2.75) is 62.3 Å². The number of rotatable bonds is 8. The molecule has 0 radical (unpaired) electrons. The molecule has 4 rings (SSSR count). The molecule has 0 aliphatic carbocycles. The van der Waals surface area contributed by atoms with Crippen molar-refractivity contribution in [3.8, 4) is 5.75 Å². The van der Waals surface area contributed by atoms with Crippen LogP contribution in [0.4, 0.5) is 13.2 Å². The molecule has 2 heterocycles. The number of amides is 1. The van der Waals surface area contributed by atoms with Gasteiger partial charge in [-0.2, -0.15) is 17.5 Å². The number of carbonyl (C=O) groups excluding carboxylic acids is 1. The fourth-order valence-electron chi connectivity index (χ4n) is 5.49. The van der Waals surface area contributed by atoms with E-state index in [1.54, 1.807) is 30.9 Å². The highest BCUT2D eigenvalue weighted by molar-refractivity contribution is 7.89. The minimum absolute atomic E-state index is 0.0853. The first-order valence-corrected chi connectivity index (χ1v) is 14.6. The first-order chi connectivity index (χ1) is 18.7. The predicted molar refractivity (Wildman–Crippen MR) is 141 cm³/mol. The summed E-state index contributed by atoms with van der Waals surface area (Å²) in [7, 11) is -2.20. The highest BCUT2D eigenvalue weighted by Crippen LogP contribution is 2.37. The summed E-state index contributed by atoms with van der Waals surface area (Å²) < 4.78 is 78.4. The number of alkyl halides is 3. The molecule has 0 bridgehead atoms. The number of aryl methyl sites for hydroxylation is 2. The van der Waals surface area contributed by atoms with Crippen LogP contribution in [-0.2, 0) is 31.3 Å². The minimum atomic E-state index is -4.50. The Morgan fingerprint density at radius 1 is 1.10 bits per heavy atom. The number of likely N-dealkylation sites (tertiary alicyclic amines) is 1. The van der Waals surface area contributed by atoms with Crippen LogP contribution in [0.15, 0.2) is 41.3 Å². The van der Waals surface area contributed by atoms with Crippen LogP contribution in [0.2, 0.25) is 0 Å². The zero-order valence-electron chi connectivity index (χ0n) is 22.8. The molecule has 1 atom stereocenters. The third-order valence-electron chi connectivity index (χ3n) is 7.72. The number of hydrogen-bond donors (Lipinski definition) is 1. The van der Waals surface area contributed by atoms with Gasteiger partial charge in [0.2, 0.25) is 15.9 Å². The molecule has 8 nitrogen and oxygen atoms in total. The Labute approximate surface area is 232 Å². The third-order valence-corrected chi connectivity index (χ3v) is 9.89. The lowest BCUT2D eigenvalue weighted by Crippen LogP contribution is -2.45. The lowest BCUT2D eigenvalue weighted by Gasteiger charge is -2.38. The number of aliphatic hydroxyl groups is 1. The third kappa shape index (κ3) is 6.45. The van der Waals surface area contributed by atoms with Crippen molar-refractivity contribution in [2.75, 3.05) is 39.9 Å². The Hall–Kier alpha value is -2.67. The fraction of sp³-hybridized carbons (Fsp3) is 0.536. The van der Waals surface area contributed by atoms with Crippen LogP contribution in [0.5, 0.6) is 5.75 Å². The average Bonchev–Trinajstić information content (AvgIpc) is 3.38. The molecule has 2 aliphatic rings. The normalized spacial score (nSPS) is 20.1. The maximum absolute atomic E-state index is 13.3. The van der Waals surface area contributed by atoms with Crippen molar-refractivity contribution in [2.24, 2.45) is 0 Å². The van der Waals surface area contributed by atoms with Crippen molar-refractivity contribution < 1.29 is 41.0 Å². The summed E-state index contributed by atoms with van der Waals surface area (Å²) in [5, 5.41) is 11.0. The van der Waals surface area contributed by atoms with Gasteiger partial charge in [0.1, 0.15) is 5.75 Å². The van der Waals surface area contributed by atoms with E-state index < -0.39 is 27.4 Å². The molecule has 2 aromatic carbocycles. The predicted octanol–water partition coefficient (Wildman–Crippen LogP) is 4.01. The Morgan fingerprint density at radius 3 is 2.35 bits per heavy atom. The van der Waals surface area contributed by atoms with Crippen molar-refractivity contribution in [1.82, 2.24) is 9.21 Å². The van der Waals surface area contributed by atoms with Gasteiger partial charge < -0.3 is 19.5 Å². The second-order valence-electron chi connectivity index (χ2n) is 10.5. The van der Waals surface area contributed by atoms with Crippen molar-refractivity contribution in [3.05, 3.63) is 58.7 Å². The molecule has 1 amide bonds. The van der Waals surface area contributed by atoms with Gasteiger partial charge in [0.15, 0.2) is 0 Å². The van der Waals surface area contributed by atoms with Gasteiger partial charge in [0, 0.05) is 26.2 Å². The van der Waals surface area contributed by atoms with Crippen LogP contribution < -0.4 is 4.74 Å². The first-order valence-electron chi connectivity index (χ1n) is 13.2. The molecule has 2 fully saturated rings. The Kier molecular flexibility index (Phi) is 8.84. The van der Waals surface area contributed by atoms with E-state index in [0.29, 0.717) is 29.8 Å². The topological polar surface area (TPSA) is 96.4 Å². The van der Waals surface area contributed by atoms with E-state index in [9.17, 15) is 31.5 Å². The molecular weight excluding hydrogens is 549 g/mol. The van der Waals surface area contributed by atoms with E-state index in [-0.39, 0.29) is 68.0 Å². The first kappa shape index (κ1) is 30.3. The average molecular weight is 585 g/mol. The number of sulfonamides is 1. The van der Waals surface area contributed by atoms with Gasteiger partial charge >= 0.3 is 6.18 Å². The van der Waals surface area contributed by atoms with Crippen molar-refractivity contribution >= 4 is 15.9 Å². The number of halogens is 3. The van der Waals surface area contributed by atoms with Gasteiger partial charge in [0.25, 0.3) is 0 Å². The summed E-state index contributed by atoms with van der Waals surface area (Å²) in [6.07, 6.45) is -4.00. The minimum Gasteiger partial charge on any atom is -0.497 e. The van der Waals surface area contributed by atoms with Gasteiger partial charge in [-0.25, -0.2) is 8.42 Å². The highest BCUT2D eigenvalue weighted by Gasteiger charge is 2.38. The van der Waals surface area contributed by atoms with Crippen molar-refractivity contribution in [1.29, 1.82) is 0 Å². The summed E-state index contributed by atoms with van der Waals surface area (Å²) in [6.45, 7) is 4.51. The van der Waals surface area contributed by atoms with E-state index in [4.69, 9.17) is 9.47 Å². The van der Waals surface area contributed by atoms with Crippen LogP contribution in [0.3, 0.4) is 0 Å². The second kappa shape index (κ2) is 11.7. The summed E-state index contributed by atoms with van der Waals surface area (Å²) in [5.74, 6) is 0.410. The molecule has 2 saturated heterocycles. The standard InChI is InChI=1S/C28H35F3N2O6S/c1-19-15-24(38-3)16-20(2)26(19)40(36,37)33-11-7-23(18-33)39-14-8-25(34)32-12-9-27(35,10-13-32)21-5-4-6-22(17-21)28(29,30)31/h4-6,15-17,23,35H,7-14,18H2,1-3H3. The van der Waals surface area contributed by atoms with Crippen LogP contribution in [0, 0.1) is 13.8 Å². The number of methoxy groups -OCH3 is 1. The lowest BCUT2D eigenvalue weighted by atomic mass is 9.83. The largest absolute Gasteiger partial charge is 0.497 e. The lowest BCUT2D eigenvalue weighted by molar-refractivity contribution is -0.137. The van der Waals surface area contributed by atoms with Crippen molar-refractivity contribution in [3.63, 3.8) is 0 Å². The van der Waals surface area contributed by atoms with Gasteiger partial charge in [0.05, 0.1) is 42.3 Å². The summed E-state index contributed by atoms with van der Waals surface area (Å²) in [6, 6.07) is 8.06. The van der Waals surface area contributed by atoms with E-state index in [1.807, 2.05) is 0 Å². The summed E-state index contributed by atoms with van der Waals surface area (Å²) >= 11 is 0. The number of nitrogens with zero attached hydrogens (tertiary/aromatic N) is 2. The molecule has 1 N–H and O–H groups in total. The Morgan fingerprint density at radius 2 is 1.75 bits per heavy atom. The molecule has 0 saturated carbocycles. The van der Waals surface area contributed by atoms with E-state index in [1.165, 1.54) is 23.5 Å². The number of piperidine rings is 1. The van der Waals surface area contributed by atoms with E-state index >= 15 is 0 Å². The SMILES string of the molecule is COc1cc(C)c(S(=O)(=O)N2CCC(OCCC(=O)N3CCC(O)(c4cccc(C(F)(F)F)c4)CC3)C2)c(C)c1. The molecule has 40 heavy (non-hydrogen) atoms. The molecule has 2 aromatic rings. The molecule has 220 valence electrons. The van der Waals surface area contributed by atoms with Crippen LogP contribution >= 0.6 is 0 Å². The van der Waals surface area contributed by atoms with Crippen LogP contribution in [0.1, 0.15) is 47.9 Å². The maximum atomic E-state index is 13.3. The van der Waals surface area contributed by atoms with Gasteiger partial charge in [-0.1, -0.05) is 12.1 Å². The van der Waals surface area contributed by atoms with Gasteiger partial charge in [-0.3, -0.25) is 4.79 Å². The number of benzene rings is 2. The quantitative estimate of drug-likeness (QED) is 0.504. The smallest absolute Gasteiger partial charge is 0.416 e. The van der Waals surface area contributed by atoms with Gasteiger partial charge in [-0.05, 0) is 74.1 Å². The molecule has 12 heteroatoms. The number of ether oxygens (including phenoxy) is 2. The Balaban J connectivity index is 1.26.